The number of rotatable bonds is 9. The van der Waals surface area contributed by atoms with Crippen LogP contribution in [0.4, 0.5) is 0 Å². The van der Waals surface area contributed by atoms with E-state index in [2.05, 4.69) is 52.8 Å². The molecule has 0 radical (unpaired) electrons. The lowest BCUT2D eigenvalue weighted by Crippen LogP contribution is -2.48. The van der Waals surface area contributed by atoms with Crippen molar-refractivity contribution in [3.8, 4) is 0 Å². The molecule has 7 heteroatoms. The summed E-state index contributed by atoms with van der Waals surface area (Å²) in [4.78, 5) is 21.6. The Morgan fingerprint density at radius 1 is 0.971 bits per heavy atom. The van der Waals surface area contributed by atoms with E-state index in [9.17, 15) is 4.79 Å². The first-order valence-corrected chi connectivity index (χ1v) is 12.3. The summed E-state index contributed by atoms with van der Waals surface area (Å²) in [7, 11) is 0. The number of benzene rings is 2. The lowest BCUT2D eigenvalue weighted by atomic mass is 10.0. The van der Waals surface area contributed by atoms with Gasteiger partial charge in [-0.2, -0.15) is 0 Å². The number of nitrogens with zero attached hydrogens (tertiary/aromatic N) is 3. The molecular weight excluding hydrogens is 537 g/mol. The van der Waals surface area contributed by atoms with Gasteiger partial charge in [0.05, 0.1) is 6.54 Å². The standard InChI is InChI=1S/C27H39N5O.HI/c1-4-28-27(29-20-22-12-14-24(15-13-22)26(33)32(5-2)6-3)30-25-16-18-31(19-17-25)21-23-10-8-7-9-11-23;/h7-15,25H,4-6,16-21H2,1-3H3,(H2,28,29,30);1H. The van der Waals surface area contributed by atoms with Gasteiger partial charge in [0.15, 0.2) is 5.96 Å². The highest BCUT2D eigenvalue weighted by Crippen LogP contribution is 2.14. The lowest BCUT2D eigenvalue weighted by Gasteiger charge is -2.33. The number of halogens is 1. The van der Waals surface area contributed by atoms with Crippen LogP contribution in [0.15, 0.2) is 59.6 Å². The molecular formula is C27H40IN5O. The van der Waals surface area contributed by atoms with Crippen LogP contribution in [0.5, 0.6) is 0 Å². The van der Waals surface area contributed by atoms with Crippen LogP contribution < -0.4 is 10.6 Å². The summed E-state index contributed by atoms with van der Waals surface area (Å²) >= 11 is 0. The minimum atomic E-state index is 0. The highest BCUT2D eigenvalue weighted by Gasteiger charge is 2.20. The minimum absolute atomic E-state index is 0. The van der Waals surface area contributed by atoms with Crippen LogP contribution in [0.25, 0.3) is 0 Å². The minimum Gasteiger partial charge on any atom is -0.357 e. The molecule has 3 rings (SSSR count). The first kappa shape index (κ1) is 28.1. The Balaban J connectivity index is 0.00000408. The highest BCUT2D eigenvalue weighted by molar-refractivity contribution is 14.0. The third-order valence-electron chi connectivity index (χ3n) is 6.19. The average Bonchev–Trinajstić information content (AvgIpc) is 2.85. The van der Waals surface area contributed by atoms with E-state index in [1.807, 2.05) is 43.0 Å². The number of aliphatic imine (C=N–C) groups is 1. The predicted molar refractivity (Wildman–Crippen MR) is 152 cm³/mol. The fourth-order valence-corrected chi connectivity index (χ4v) is 4.21. The van der Waals surface area contributed by atoms with Crippen LogP contribution in [0.1, 0.15) is 55.1 Å². The van der Waals surface area contributed by atoms with Gasteiger partial charge in [0.1, 0.15) is 0 Å². The quantitative estimate of drug-likeness (QED) is 0.262. The van der Waals surface area contributed by atoms with Crippen molar-refractivity contribution in [1.29, 1.82) is 0 Å². The summed E-state index contributed by atoms with van der Waals surface area (Å²) in [6.07, 6.45) is 2.22. The Morgan fingerprint density at radius 2 is 1.62 bits per heavy atom. The smallest absolute Gasteiger partial charge is 0.253 e. The van der Waals surface area contributed by atoms with E-state index in [1.165, 1.54) is 5.56 Å². The molecule has 1 aliphatic heterocycles. The molecule has 2 aromatic carbocycles. The topological polar surface area (TPSA) is 60.0 Å². The van der Waals surface area contributed by atoms with Crippen molar-refractivity contribution < 1.29 is 4.79 Å². The van der Waals surface area contributed by atoms with Crippen molar-refractivity contribution in [2.24, 2.45) is 4.99 Å². The van der Waals surface area contributed by atoms with Crippen LogP contribution in [0.3, 0.4) is 0 Å². The van der Waals surface area contributed by atoms with Gasteiger partial charge in [0, 0.05) is 50.9 Å². The van der Waals surface area contributed by atoms with Crippen molar-refractivity contribution in [1.82, 2.24) is 20.4 Å². The summed E-state index contributed by atoms with van der Waals surface area (Å²) in [6.45, 7) is 12.2. The third-order valence-corrected chi connectivity index (χ3v) is 6.19. The summed E-state index contributed by atoms with van der Waals surface area (Å²) < 4.78 is 0. The zero-order valence-corrected chi connectivity index (χ0v) is 23.1. The van der Waals surface area contributed by atoms with Gasteiger partial charge in [0.25, 0.3) is 5.91 Å². The van der Waals surface area contributed by atoms with Crippen molar-refractivity contribution in [3.05, 3.63) is 71.3 Å². The molecule has 1 amide bonds. The van der Waals surface area contributed by atoms with E-state index in [-0.39, 0.29) is 29.9 Å². The molecule has 0 bridgehead atoms. The Kier molecular flexibility index (Phi) is 12.4. The number of piperidine rings is 1. The van der Waals surface area contributed by atoms with Gasteiger partial charge in [0.2, 0.25) is 0 Å². The first-order valence-electron chi connectivity index (χ1n) is 12.3. The van der Waals surface area contributed by atoms with Crippen LogP contribution in [-0.4, -0.2) is 60.4 Å². The van der Waals surface area contributed by atoms with E-state index in [1.54, 1.807) is 0 Å². The average molecular weight is 578 g/mol. The fraction of sp³-hybridized carbons (Fsp3) is 0.481. The second-order valence-corrected chi connectivity index (χ2v) is 8.55. The van der Waals surface area contributed by atoms with Gasteiger partial charge >= 0.3 is 0 Å². The number of guanidine groups is 1. The lowest BCUT2D eigenvalue weighted by molar-refractivity contribution is 0.0773. The summed E-state index contributed by atoms with van der Waals surface area (Å²) in [5, 5.41) is 7.00. The molecule has 0 aliphatic carbocycles. The number of amides is 1. The zero-order valence-electron chi connectivity index (χ0n) is 20.8. The molecule has 1 aliphatic rings. The van der Waals surface area contributed by atoms with Gasteiger partial charge < -0.3 is 15.5 Å². The number of hydrogen-bond acceptors (Lipinski definition) is 3. The number of likely N-dealkylation sites (tertiary alicyclic amines) is 1. The molecule has 2 aromatic rings. The Hall–Kier alpha value is -2.13. The molecule has 0 aromatic heterocycles. The molecule has 34 heavy (non-hydrogen) atoms. The van der Waals surface area contributed by atoms with Gasteiger partial charge in [-0.05, 0) is 56.9 Å². The second-order valence-electron chi connectivity index (χ2n) is 8.55. The first-order chi connectivity index (χ1) is 16.1. The molecule has 2 N–H and O–H groups in total. The highest BCUT2D eigenvalue weighted by atomic mass is 127. The van der Waals surface area contributed by atoms with E-state index in [0.717, 1.165) is 69.2 Å². The maximum Gasteiger partial charge on any atom is 0.253 e. The second kappa shape index (κ2) is 15.0. The van der Waals surface area contributed by atoms with Gasteiger partial charge in [-0.1, -0.05) is 42.5 Å². The Bertz CT molecular complexity index is 876. The molecule has 1 fully saturated rings. The summed E-state index contributed by atoms with van der Waals surface area (Å²) in [5.41, 5.74) is 3.21. The molecule has 1 saturated heterocycles. The van der Waals surface area contributed by atoms with Gasteiger partial charge in [-0.3, -0.25) is 9.69 Å². The molecule has 0 atom stereocenters. The monoisotopic (exact) mass is 577 g/mol. The van der Waals surface area contributed by atoms with Gasteiger partial charge in [-0.25, -0.2) is 4.99 Å². The molecule has 186 valence electrons. The number of carbonyl (C=O) groups is 1. The maximum absolute atomic E-state index is 12.5. The SMILES string of the molecule is CCNC(=NCc1ccc(C(=O)N(CC)CC)cc1)NC1CCN(Cc2ccccc2)CC1.I. The van der Waals surface area contributed by atoms with E-state index in [0.29, 0.717) is 12.6 Å². The Labute approximate surface area is 222 Å². The number of nitrogens with one attached hydrogen (secondary N) is 2. The molecule has 6 nitrogen and oxygen atoms in total. The van der Waals surface area contributed by atoms with E-state index in [4.69, 9.17) is 4.99 Å². The van der Waals surface area contributed by atoms with Gasteiger partial charge in [-0.15, -0.1) is 24.0 Å². The predicted octanol–water partition coefficient (Wildman–Crippen LogP) is 4.51. The number of carbonyl (C=O) groups excluding carboxylic acids is 1. The largest absolute Gasteiger partial charge is 0.357 e. The van der Waals surface area contributed by atoms with Crippen molar-refractivity contribution >= 4 is 35.8 Å². The van der Waals surface area contributed by atoms with Crippen molar-refractivity contribution in [2.75, 3.05) is 32.7 Å². The van der Waals surface area contributed by atoms with Crippen LogP contribution in [-0.2, 0) is 13.1 Å². The maximum atomic E-state index is 12.5. The van der Waals surface area contributed by atoms with Crippen LogP contribution >= 0.6 is 24.0 Å². The molecule has 1 heterocycles. The molecule has 0 saturated carbocycles. The number of hydrogen-bond donors (Lipinski definition) is 2. The van der Waals surface area contributed by atoms with Crippen molar-refractivity contribution in [3.63, 3.8) is 0 Å². The fourth-order valence-electron chi connectivity index (χ4n) is 4.21. The Morgan fingerprint density at radius 3 is 2.21 bits per heavy atom. The molecule has 0 spiro atoms. The van der Waals surface area contributed by atoms with E-state index < -0.39 is 0 Å². The normalized spacial score (nSPS) is 14.9. The summed E-state index contributed by atoms with van der Waals surface area (Å²) in [5.74, 6) is 0.950. The zero-order chi connectivity index (χ0) is 23.5. The van der Waals surface area contributed by atoms with Crippen LogP contribution in [0.2, 0.25) is 0 Å². The summed E-state index contributed by atoms with van der Waals surface area (Å²) in [6, 6.07) is 19.0. The van der Waals surface area contributed by atoms with Crippen molar-refractivity contribution in [2.45, 2.75) is 52.7 Å². The third kappa shape index (κ3) is 8.58. The van der Waals surface area contributed by atoms with Crippen LogP contribution in [0, 0.1) is 0 Å². The van der Waals surface area contributed by atoms with E-state index >= 15 is 0 Å². The molecule has 0 unspecified atom stereocenters.